The number of nitrogens with zero attached hydrogens (tertiary/aromatic N) is 2. The number of hydrogen-bond donors (Lipinski definition) is 1. The first-order valence-electron chi connectivity index (χ1n) is 6.34. The summed E-state index contributed by atoms with van der Waals surface area (Å²) < 4.78 is 0. The number of aromatic nitrogens is 2. The molecule has 1 aromatic heterocycles. The zero-order valence-electron chi connectivity index (χ0n) is 12.0. The predicted octanol–water partition coefficient (Wildman–Crippen LogP) is 5.13. The molecule has 0 aliphatic rings. The average molecular weight is 310 g/mol. The molecule has 0 spiro atoms. The van der Waals surface area contributed by atoms with Crippen LogP contribution in [0.5, 0.6) is 0 Å². The summed E-state index contributed by atoms with van der Waals surface area (Å²) in [4.78, 5) is 8.77. The van der Waals surface area contributed by atoms with Crippen LogP contribution in [0.4, 0.5) is 11.5 Å². The molecular formula is C15H17Cl2N3. The van der Waals surface area contributed by atoms with Crippen molar-refractivity contribution in [2.75, 3.05) is 5.32 Å². The van der Waals surface area contributed by atoms with Gasteiger partial charge >= 0.3 is 0 Å². The lowest BCUT2D eigenvalue weighted by Gasteiger charge is -2.18. The van der Waals surface area contributed by atoms with Crippen LogP contribution in [-0.2, 0) is 5.41 Å². The smallest absolute Gasteiger partial charge is 0.137 e. The molecule has 20 heavy (non-hydrogen) atoms. The number of hydrogen-bond acceptors (Lipinski definition) is 3. The first-order chi connectivity index (χ1) is 9.25. The monoisotopic (exact) mass is 309 g/mol. The van der Waals surface area contributed by atoms with Gasteiger partial charge in [0.2, 0.25) is 0 Å². The Hall–Kier alpha value is -1.32. The normalized spacial score (nSPS) is 11.5. The summed E-state index contributed by atoms with van der Waals surface area (Å²) in [5.41, 5.74) is 1.75. The number of nitrogens with one attached hydrogen (secondary N) is 1. The van der Waals surface area contributed by atoms with E-state index in [-0.39, 0.29) is 5.41 Å². The van der Waals surface area contributed by atoms with Gasteiger partial charge in [0.25, 0.3) is 0 Å². The number of halogens is 2. The lowest BCUT2D eigenvalue weighted by molar-refractivity contribution is 0.546. The van der Waals surface area contributed by atoms with Crippen LogP contribution in [0.2, 0.25) is 10.2 Å². The van der Waals surface area contributed by atoms with Crippen molar-refractivity contribution >= 4 is 34.7 Å². The van der Waals surface area contributed by atoms with Crippen molar-refractivity contribution in [3.63, 3.8) is 0 Å². The molecule has 0 saturated heterocycles. The van der Waals surface area contributed by atoms with Gasteiger partial charge in [0.1, 0.15) is 16.8 Å². The van der Waals surface area contributed by atoms with Crippen molar-refractivity contribution in [1.29, 1.82) is 0 Å². The molecule has 0 bridgehead atoms. The number of rotatable bonds is 2. The van der Waals surface area contributed by atoms with E-state index in [0.717, 1.165) is 11.3 Å². The number of benzene rings is 1. The quantitative estimate of drug-likeness (QED) is 0.781. The Kier molecular flexibility index (Phi) is 4.21. The minimum absolute atomic E-state index is 0.160. The van der Waals surface area contributed by atoms with Crippen molar-refractivity contribution in [3.05, 3.63) is 45.8 Å². The highest BCUT2D eigenvalue weighted by Crippen LogP contribution is 2.26. The van der Waals surface area contributed by atoms with Gasteiger partial charge in [0, 0.05) is 22.2 Å². The van der Waals surface area contributed by atoms with Crippen LogP contribution in [0, 0.1) is 6.92 Å². The Morgan fingerprint density at radius 1 is 1.05 bits per heavy atom. The SMILES string of the molecule is Cc1ccc(Nc2cc(Cl)nc(C(C)(C)C)n2)cc1Cl. The van der Waals surface area contributed by atoms with E-state index in [0.29, 0.717) is 21.8 Å². The molecule has 0 radical (unpaired) electrons. The Balaban J connectivity index is 2.33. The van der Waals surface area contributed by atoms with E-state index in [4.69, 9.17) is 23.2 Å². The Labute approximate surface area is 129 Å². The summed E-state index contributed by atoms with van der Waals surface area (Å²) in [6.07, 6.45) is 0. The lowest BCUT2D eigenvalue weighted by atomic mass is 9.96. The van der Waals surface area contributed by atoms with E-state index < -0.39 is 0 Å². The topological polar surface area (TPSA) is 37.8 Å². The Morgan fingerprint density at radius 2 is 1.75 bits per heavy atom. The van der Waals surface area contributed by atoms with Gasteiger partial charge in [-0.25, -0.2) is 9.97 Å². The summed E-state index contributed by atoms with van der Waals surface area (Å²) in [6.45, 7) is 8.10. The molecule has 106 valence electrons. The van der Waals surface area contributed by atoms with Crippen LogP contribution in [0.25, 0.3) is 0 Å². The lowest BCUT2D eigenvalue weighted by Crippen LogP contribution is -2.16. The summed E-state index contributed by atoms with van der Waals surface area (Å²) in [7, 11) is 0. The van der Waals surface area contributed by atoms with Gasteiger partial charge in [-0.05, 0) is 24.6 Å². The van der Waals surface area contributed by atoms with Gasteiger partial charge in [-0.1, -0.05) is 50.0 Å². The highest BCUT2D eigenvalue weighted by Gasteiger charge is 2.18. The van der Waals surface area contributed by atoms with Gasteiger partial charge in [0.05, 0.1) is 0 Å². The third-order valence-electron chi connectivity index (χ3n) is 2.81. The Bertz CT molecular complexity index is 634. The first-order valence-corrected chi connectivity index (χ1v) is 7.09. The van der Waals surface area contributed by atoms with E-state index in [1.807, 2.05) is 45.9 Å². The van der Waals surface area contributed by atoms with Crippen LogP contribution in [-0.4, -0.2) is 9.97 Å². The van der Waals surface area contributed by atoms with Crippen molar-refractivity contribution < 1.29 is 0 Å². The highest BCUT2D eigenvalue weighted by molar-refractivity contribution is 6.31. The molecule has 2 rings (SSSR count). The number of aryl methyl sites for hydroxylation is 1. The largest absolute Gasteiger partial charge is 0.340 e. The first kappa shape index (κ1) is 15.1. The molecule has 1 aromatic carbocycles. The summed E-state index contributed by atoms with van der Waals surface area (Å²) in [6, 6.07) is 7.47. The van der Waals surface area contributed by atoms with Gasteiger partial charge in [-0.3, -0.25) is 0 Å². The second-order valence-corrected chi connectivity index (χ2v) is 6.53. The van der Waals surface area contributed by atoms with Crippen molar-refractivity contribution in [3.8, 4) is 0 Å². The maximum absolute atomic E-state index is 6.12. The molecule has 1 N–H and O–H groups in total. The highest BCUT2D eigenvalue weighted by atomic mass is 35.5. The second kappa shape index (κ2) is 5.58. The van der Waals surface area contributed by atoms with E-state index in [9.17, 15) is 0 Å². The summed E-state index contributed by atoms with van der Waals surface area (Å²) in [5, 5.41) is 4.34. The zero-order valence-corrected chi connectivity index (χ0v) is 13.5. The van der Waals surface area contributed by atoms with Crippen LogP contribution in [0.1, 0.15) is 32.2 Å². The molecule has 5 heteroatoms. The third-order valence-corrected chi connectivity index (χ3v) is 3.41. The van der Waals surface area contributed by atoms with Crippen LogP contribution in [0.15, 0.2) is 24.3 Å². The standard InChI is InChI=1S/C15H17Cl2N3/c1-9-5-6-10(7-11(9)16)18-13-8-12(17)19-14(20-13)15(2,3)4/h5-8H,1-4H3,(H,18,19,20). The fraction of sp³-hybridized carbons (Fsp3) is 0.333. The predicted molar refractivity (Wildman–Crippen MR) is 85.2 cm³/mol. The van der Waals surface area contributed by atoms with Crippen molar-refractivity contribution in [2.45, 2.75) is 33.1 Å². The molecular weight excluding hydrogens is 293 g/mol. The van der Waals surface area contributed by atoms with Crippen molar-refractivity contribution in [1.82, 2.24) is 9.97 Å². The molecule has 0 atom stereocenters. The van der Waals surface area contributed by atoms with Gasteiger partial charge in [-0.2, -0.15) is 0 Å². The van der Waals surface area contributed by atoms with E-state index >= 15 is 0 Å². The Morgan fingerprint density at radius 3 is 2.35 bits per heavy atom. The minimum atomic E-state index is -0.160. The van der Waals surface area contributed by atoms with Crippen LogP contribution in [0.3, 0.4) is 0 Å². The summed E-state index contributed by atoms with van der Waals surface area (Å²) in [5.74, 6) is 1.36. The van der Waals surface area contributed by atoms with Crippen LogP contribution >= 0.6 is 23.2 Å². The molecule has 0 amide bonds. The molecule has 3 nitrogen and oxygen atoms in total. The van der Waals surface area contributed by atoms with E-state index in [2.05, 4.69) is 15.3 Å². The van der Waals surface area contributed by atoms with E-state index in [1.54, 1.807) is 6.07 Å². The van der Waals surface area contributed by atoms with Crippen LogP contribution < -0.4 is 5.32 Å². The minimum Gasteiger partial charge on any atom is -0.340 e. The molecule has 0 fully saturated rings. The molecule has 1 heterocycles. The molecule has 2 aromatic rings. The maximum Gasteiger partial charge on any atom is 0.137 e. The van der Waals surface area contributed by atoms with Gasteiger partial charge < -0.3 is 5.32 Å². The third kappa shape index (κ3) is 3.62. The zero-order chi connectivity index (χ0) is 14.9. The second-order valence-electron chi connectivity index (χ2n) is 5.74. The molecule has 0 aliphatic carbocycles. The molecule has 0 aliphatic heterocycles. The molecule has 0 saturated carbocycles. The average Bonchev–Trinajstić information content (AvgIpc) is 2.32. The van der Waals surface area contributed by atoms with Gasteiger partial charge in [-0.15, -0.1) is 0 Å². The maximum atomic E-state index is 6.12. The fourth-order valence-corrected chi connectivity index (χ4v) is 2.00. The van der Waals surface area contributed by atoms with E-state index in [1.165, 1.54) is 0 Å². The van der Waals surface area contributed by atoms with Gasteiger partial charge in [0.15, 0.2) is 0 Å². The molecule has 0 unspecified atom stereocenters. The van der Waals surface area contributed by atoms with Crippen molar-refractivity contribution in [2.24, 2.45) is 0 Å². The number of anilines is 2. The fourth-order valence-electron chi connectivity index (χ4n) is 1.64. The summed E-state index contributed by atoms with van der Waals surface area (Å²) >= 11 is 12.2.